The van der Waals surface area contributed by atoms with Crippen LogP contribution in [0.2, 0.25) is 5.15 Å². The first kappa shape index (κ1) is 19.7. The first-order valence-corrected chi connectivity index (χ1v) is 9.36. The van der Waals surface area contributed by atoms with E-state index in [2.05, 4.69) is 9.71 Å². The average molecular weight is 381 g/mol. The van der Waals surface area contributed by atoms with Crippen LogP contribution in [0.4, 0.5) is 8.78 Å². The van der Waals surface area contributed by atoms with Gasteiger partial charge in [0.05, 0.1) is 27.4 Å². The minimum Gasteiger partial charge on any atom is -0.388 e. The van der Waals surface area contributed by atoms with E-state index in [1.54, 1.807) is 32.9 Å². The maximum absolute atomic E-state index is 13.5. The number of halogens is 3. The van der Waals surface area contributed by atoms with Gasteiger partial charge in [-0.2, -0.15) is 0 Å². The zero-order chi connectivity index (χ0) is 18.2. The average Bonchev–Trinajstić information content (AvgIpc) is 2.48. The van der Waals surface area contributed by atoms with Gasteiger partial charge in [0.2, 0.25) is 5.92 Å². The van der Waals surface area contributed by atoms with Gasteiger partial charge >= 0.3 is 0 Å². The van der Waals surface area contributed by atoms with Gasteiger partial charge in [-0.25, -0.2) is 22.7 Å². The van der Waals surface area contributed by atoms with E-state index in [1.165, 1.54) is 6.20 Å². The Balaban J connectivity index is 2.37. The molecule has 4 nitrogen and oxygen atoms in total. The monoisotopic (exact) mass is 380 g/mol. The summed E-state index contributed by atoms with van der Waals surface area (Å²) < 4.78 is 41.9. The van der Waals surface area contributed by atoms with Gasteiger partial charge in [-0.3, -0.25) is 0 Å². The van der Waals surface area contributed by atoms with E-state index < -0.39 is 46.1 Å². The van der Waals surface area contributed by atoms with Crippen LogP contribution in [0.1, 0.15) is 58.1 Å². The standard InChI is InChI=1S/C16H23ClF2N2O2S/c1-14(2,3)24(23)21-12(11-5-4-10-20-13(11)17)15(22)6-8-16(18,19)9-7-15/h4-5,10,12,21-22H,6-9H2,1-3H3/t12-,24?/m0/s1. The minimum atomic E-state index is -2.78. The molecule has 0 spiro atoms. The molecule has 2 N–H and O–H groups in total. The SMILES string of the molecule is CC(C)(C)S(=O)N[C@@H](c1cccnc1Cl)C1(O)CCC(F)(F)CC1. The number of aromatic nitrogens is 1. The zero-order valence-electron chi connectivity index (χ0n) is 14.0. The van der Waals surface area contributed by atoms with Crippen molar-refractivity contribution in [2.24, 2.45) is 0 Å². The Morgan fingerprint density at radius 3 is 2.42 bits per heavy atom. The molecule has 1 unspecified atom stereocenters. The lowest BCUT2D eigenvalue weighted by Crippen LogP contribution is -2.50. The maximum atomic E-state index is 13.5. The van der Waals surface area contributed by atoms with Gasteiger partial charge in [-0.15, -0.1) is 0 Å². The highest BCUT2D eigenvalue weighted by Crippen LogP contribution is 2.45. The largest absolute Gasteiger partial charge is 0.388 e. The van der Waals surface area contributed by atoms with Crippen LogP contribution in [0.25, 0.3) is 0 Å². The summed E-state index contributed by atoms with van der Waals surface area (Å²) in [6.07, 6.45) is 0.459. The summed E-state index contributed by atoms with van der Waals surface area (Å²) in [6.45, 7) is 5.37. The van der Waals surface area contributed by atoms with Crippen molar-refractivity contribution < 1.29 is 18.1 Å². The van der Waals surface area contributed by atoms with Gasteiger partial charge in [0.25, 0.3) is 0 Å². The van der Waals surface area contributed by atoms with E-state index >= 15 is 0 Å². The molecule has 1 fully saturated rings. The first-order valence-electron chi connectivity index (χ1n) is 7.83. The molecule has 8 heteroatoms. The number of hydrogen-bond donors (Lipinski definition) is 2. The highest BCUT2D eigenvalue weighted by molar-refractivity contribution is 7.84. The Kier molecular flexibility index (Phi) is 5.69. The highest BCUT2D eigenvalue weighted by Gasteiger charge is 2.48. The fraction of sp³-hybridized carbons (Fsp3) is 0.688. The van der Waals surface area contributed by atoms with E-state index in [0.717, 1.165) is 0 Å². The molecule has 2 atom stereocenters. The van der Waals surface area contributed by atoms with Crippen LogP contribution in [0.3, 0.4) is 0 Å². The first-order chi connectivity index (χ1) is 10.9. The van der Waals surface area contributed by atoms with Gasteiger partial charge in [0, 0.05) is 24.6 Å². The number of rotatable bonds is 4. The molecular weight excluding hydrogens is 358 g/mol. The molecule has 1 aliphatic rings. The molecule has 1 saturated carbocycles. The molecule has 0 aliphatic heterocycles. The zero-order valence-corrected chi connectivity index (χ0v) is 15.6. The third kappa shape index (κ3) is 4.50. The molecule has 0 bridgehead atoms. The number of aliphatic hydroxyl groups is 1. The molecule has 1 aromatic heterocycles. The van der Waals surface area contributed by atoms with Crippen LogP contribution in [-0.4, -0.2) is 30.6 Å². The van der Waals surface area contributed by atoms with Crippen LogP contribution in [-0.2, 0) is 11.0 Å². The molecule has 0 amide bonds. The lowest BCUT2D eigenvalue weighted by molar-refractivity contribution is -0.115. The minimum absolute atomic E-state index is 0.107. The van der Waals surface area contributed by atoms with Crippen LogP contribution < -0.4 is 4.72 Å². The fourth-order valence-electron chi connectivity index (χ4n) is 2.70. The summed E-state index contributed by atoms with van der Waals surface area (Å²) in [5.41, 5.74) is -1.00. The maximum Gasteiger partial charge on any atom is 0.248 e. The van der Waals surface area contributed by atoms with Crippen LogP contribution in [0.5, 0.6) is 0 Å². The predicted octanol–water partition coefficient (Wildman–Crippen LogP) is 3.77. The summed E-state index contributed by atoms with van der Waals surface area (Å²) in [5.74, 6) is -2.78. The van der Waals surface area contributed by atoms with Crippen molar-refractivity contribution in [2.75, 3.05) is 0 Å². The van der Waals surface area contributed by atoms with Gasteiger partial charge in [0.15, 0.2) is 0 Å². The second-order valence-electron chi connectivity index (χ2n) is 7.27. The number of nitrogens with one attached hydrogen (secondary N) is 1. The topological polar surface area (TPSA) is 62.2 Å². The van der Waals surface area contributed by atoms with Crippen molar-refractivity contribution in [3.8, 4) is 0 Å². The van der Waals surface area contributed by atoms with Crippen LogP contribution in [0.15, 0.2) is 18.3 Å². The third-order valence-electron chi connectivity index (χ3n) is 4.26. The summed E-state index contributed by atoms with van der Waals surface area (Å²) in [6, 6.07) is 2.48. The van der Waals surface area contributed by atoms with E-state index in [4.69, 9.17) is 11.6 Å². The van der Waals surface area contributed by atoms with E-state index in [9.17, 15) is 18.1 Å². The smallest absolute Gasteiger partial charge is 0.248 e. The molecule has 1 heterocycles. The van der Waals surface area contributed by atoms with Crippen molar-refractivity contribution in [3.05, 3.63) is 29.0 Å². The molecule has 0 saturated heterocycles. The fourth-order valence-corrected chi connectivity index (χ4v) is 3.84. The molecule has 1 aromatic rings. The van der Waals surface area contributed by atoms with Crippen LogP contribution in [0, 0.1) is 0 Å². The van der Waals surface area contributed by atoms with Crippen molar-refractivity contribution in [3.63, 3.8) is 0 Å². The molecule has 1 aliphatic carbocycles. The third-order valence-corrected chi connectivity index (χ3v) is 6.14. The summed E-state index contributed by atoms with van der Waals surface area (Å²) in [4.78, 5) is 3.99. The van der Waals surface area contributed by atoms with Crippen molar-refractivity contribution in [2.45, 2.75) is 68.8 Å². The van der Waals surface area contributed by atoms with Gasteiger partial charge in [-0.05, 0) is 39.7 Å². The van der Waals surface area contributed by atoms with E-state index in [1.807, 2.05) is 0 Å². The Hall–Kier alpha value is -0.630. The Morgan fingerprint density at radius 2 is 1.92 bits per heavy atom. The van der Waals surface area contributed by atoms with Crippen molar-refractivity contribution in [1.29, 1.82) is 0 Å². The van der Waals surface area contributed by atoms with Gasteiger partial charge in [0.1, 0.15) is 5.15 Å². The molecule has 24 heavy (non-hydrogen) atoms. The summed E-state index contributed by atoms with van der Waals surface area (Å²) in [5, 5.41) is 11.2. The Bertz CT molecular complexity index is 612. The quantitative estimate of drug-likeness (QED) is 0.781. The normalized spacial score (nSPS) is 22.8. The Morgan fingerprint density at radius 1 is 1.33 bits per heavy atom. The number of alkyl halides is 2. The van der Waals surface area contributed by atoms with Crippen molar-refractivity contribution in [1.82, 2.24) is 9.71 Å². The van der Waals surface area contributed by atoms with Crippen LogP contribution >= 0.6 is 11.6 Å². The van der Waals surface area contributed by atoms with Crippen molar-refractivity contribution >= 4 is 22.6 Å². The number of hydrogen-bond acceptors (Lipinski definition) is 3. The second kappa shape index (κ2) is 6.94. The molecule has 0 aromatic carbocycles. The van der Waals surface area contributed by atoms with Gasteiger partial charge in [-0.1, -0.05) is 17.7 Å². The number of pyridine rings is 1. The molecular formula is C16H23ClF2N2O2S. The van der Waals surface area contributed by atoms with Gasteiger partial charge < -0.3 is 5.11 Å². The van der Waals surface area contributed by atoms with E-state index in [-0.39, 0.29) is 18.0 Å². The number of nitrogens with zero attached hydrogens (tertiary/aromatic N) is 1. The predicted molar refractivity (Wildman–Crippen MR) is 91.4 cm³/mol. The second-order valence-corrected chi connectivity index (χ2v) is 9.63. The summed E-state index contributed by atoms with van der Waals surface area (Å²) >= 11 is 6.14. The molecule has 2 rings (SSSR count). The summed E-state index contributed by atoms with van der Waals surface area (Å²) in [7, 11) is -1.51. The highest BCUT2D eigenvalue weighted by atomic mass is 35.5. The molecule has 0 radical (unpaired) electrons. The Labute approximate surface area is 148 Å². The molecule has 136 valence electrons. The van der Waals surface area contributed by atoms with E-state index in [0.29, 0.717) is 5.56 Å². The lowest BCUT2D eigenvalue weighted by Gasteiger charge is -2.42. The lowest BCUT2D eigenvalue weighted by atomic mass is 9.76.